The summed E-state index contributed by atoms with van der Waals surface area (Å²) in [6.45, 7) is 5.51. The number of carbonyl (C=O) groups excluding carboxylic acids is 3. The van der Waals surface area contributed by atoms with E-state index in [-0.39, 0.29) is 24.8 Å². The van der Waals surface area contributed by atoms with Gasteiger partial charge in [-0.25, -0.2) is 4.79 Å². The van der Waals surface area contributed by atoms with Gasteiger partial charge in [-0.2, -0.15) is 0 Å². The molecule has 0 atom stereocenters. The molecule has 1 aliphatic carbocycles. The van der Waals surface area contributed by atoms with Gasteiger partial charge in [0.15, 0.2) is 0 Å². The maximum absolute atomic E-state index is 12.2. The van der Waals surface area contributed by atoms with Crippen molar-refractivity contribution in [3.63, 3.8) is 0 Å². The van der Waals surface area contributed by atoms with Crippen molar-refractivity contribution in [2.24, 2.45) is 5.92 Å². The van der Waals surface area contributed by atoms with Crippen LogP contribution in [0.25, 0.3) is 0 Å². The lowest BCUT2D eigenvalue weighted by Gasteiger charge is -2.19. The van der Waals surface area contributed by atoms with Crippen molar-refractivity contribution in [1.29, 1.82) is 0 Å². The minimum atomic E-state index is -0.574. The molecule has 3 amide bonds. The first-order valence-corrected chi connectivity index (χ1v) is 9.88. The summed E-state index contributed by atoms with van der Waals surface area (Å²) in [5, 5.41) is 8.22. The van der Waals surface area contributed by atoms with Crippen molar-refractivity contribution in [2.75, 3.05) is 17.2 Å². The quantitative estimate of drug-likeness (QED) is 0.655. The Morgan fingerprint density at radius 3 is 2.25 bits per heavy atom. The van der Waals surface area contributed by atoms with Crippen LogP contribution in [0.4, 0.5) is 16.2 Å². The Kier molecular flexibility index (Phi) is 7.84. The highest BCUT2D eigenvalue weighted by molar-refractivity contribution is 5.94. The third kappa shape index (κ3) is 8.41. The minimum Gasteiger partial charge on any atom is -0.444 e. The topological polar surface area (TPSA) is 96.5 Å². The molecule has 1 fully saturated rings. The fraction of sp³-hybridized carbons (Fsp3) is 0.571. The second-order valence-electron chi connectivity index (χ2n) is 8.21. The molecular formula is C21H31N3O4. The maximum Gasteiger partial charge on any atom is 0.407 e. The minimum absolute atomic E-state index is 0.0111. The van der Waals surface area contributed by atoms with E-state index in [1.165, 1.54) is 12.8 Å². The molecule has 28 heavy (non-hydrogen) atoms. The van der Waals surface area contributed by atoms with Gasteiger partial charge in [0.25, 0.3) is 0 Å². The fourth-order valence-corrected chi connectivity index (χ4v) is 3.18. The van der Waals surface area contributed by atoms with Gasteiger partial charge in [-0.1, -0.05) is 18.9 Å². The molecule has 154 valence electrons. The summed E-state index contributed by atoms with van der Waals surface area (Å²) < 4.78 is 5.12. The summed E-state index contributed by atoms with van der Waals surface area (Å²) in [6, 6.07) is 7.06. The van der Waals surface area contributed by atoms with E-state index in [1.807, 2.05) is 0 Å². The number of anilines is 2. The molecule has 1 aromatic rings. The smallest absolute Gasteiger partial charge is 0.407 e. The average molecular weight is 389 g/mol. The van der Waals surface area contributed by atoms with Crippen molar-refractivity contribution < 1.29 is 19.1 Å². The van der Waals surface area contributed by atoms with Crippen molar-refractivity contribution in [2.45, 2.75) is 64.9 Å². The highest BCUT2D eigenvalue weighted by atomic mass is 16.6. The summed E-state index contributed by atoms with van der Waals surface area (Å²) >= 11 is 0. The zero-order valence-electron chi connectivity index (χ0n) is 17.0. The average Bonchev–Trinajstić information content (AvgIpc) is 3.06. The van der Waals surface area contributed by atoms with Crippen LogP contribution in [0, 0.1) is 5.92 Å². The molecule has 0 aromatic heterocycles. The second kappa shape index (κ2) is 10.1. The number of benzene rings is 1. The van der Waals surface area contributed by atoms with E-state index in [0.717, 1.165) is 12.8 Å². The summed E-state index contributed by atoms with van der Waals surface area (Å²) in [6.07, 6.45) is 4.80. The SMILES string of the molecule is CC(C)(C)OC(=O)NCCC(=O)Nc1cccc(NC(=O)CC2CCCC2)c1. The molecule has 2 rings (SSSR count). The van der Waals surface area contributed by atoms with Crippen LogP contribution >= 0.6 is 0 Å². The van der Waals surface area contributed by atoms with E-state index in [4.69, 9.17) is 4.74 Å². The molecule has 0 spiro atoms. The fourth-order valence-electron chi connectivity index (χ4n) is 3.18. The molecular weight excluding hydrogens is 358 g/mol. The number of hydrogen-bond donors (Lipinski definition) is 3. The van der Waals surface area contributed by atoms with Crippen LogP contribution in [-0.2, 0) is 14.3 Å². The lowest BCUT2D eigenvalue weighted by atomic mass is 10.0. The third-order valence-corrected chi connectivity index (χ3v) is 4.40. The first-order chi connectivity index (χ1) is 13.2. The Labute approximate surface area is 166 Å². The highest BCUT2D eigenvalue weighted by Crippen LogP contribution is 2.28. The summed E-state index contributed by atoms with van der Waals surface area (Å²) in [5.74, 6) is 0.266. The molecule has 7 nitrogen and oxygen atoms in total. The van der Waals surface area contributed by atoms with E-state index < -0.39 is 11.7 Å². The Bertz CT molecular complexity index is 691. The van der Waals surface area contributed by atoms with E-state index >= 15 is 0 Å². The molecule has 1 aliphatic rings. The van der Waals surface area contributed by atoms with Gasteiger partial charge >= 0.3 is 6.09 Å². The number of nitrogens with one attached hydrogen (secondary N) is 3. The predicted octanol–water partition coefficient (Wildman–Crippen LogP) is 4.06. The standard InChI is InChI=1S/C21H31N3O4/c1-21(2,3)28-20(27)22-12-11-18(25)23-16-9-6-10-17(14-16)24-19(26)13-15-7-4-5-8-15/h6,9-10,14-15H,4-5,7-8,11-13H2,1-3H3,(H,22,27)(H,23,25)(H,24,26). The number of alkyl carbamates (subject to hydrolysis) is 1. The second-order valence-corrected chi connectivity index (χ2v) is 8.21. The van der Waals surface area contributed by atoms with E-state index in [2.05, 4.69) is 16.0 Å². The first-order valence-electron chi connectivity index (χ1n) is 9.88. The van der Waals surface area contributed by atoms with Gasteiger partial charge in [0, 0.05) is 30.8 Å². The number of ether oxygens (including phenoxy) is 1. The number of rotatable bonds is 7. The van der Waals surface area contributed by atoms with Gasteiger partial charge in [-0.15, -0.1) is 0 Å². The van der Waals surface area contributed by atoms with E-state index in [0.29, 0.717) is 23.7 Å². The van der Waals surface area contributed by atoms with Crippen LogP contribution in [0.2, 0.25) is 0 Å². The van der Waals surface area contributed by atoms with Crippen LogP contribution in [-0.4, -0.2) is 30.1 Å². The highest BCUT2D eigenvalue weighted by Gasteiger charge is 2.18. The van der Waals surface area contributed by atoms with Crippen molar-refractivity contribution >= 4 is 29.3 Å². The summed E-state index contributed by atoms with van der Waals surface area (Å²) in [5.41, 5.74) is 0.684. The van der Waals surface area contributed by atoms with Gasteiger partial charge in [0.05, 0.1) is 0 Å². The van der Waals surface area contributed by atoms with Crippen LogP contribution in [0.5, 0.6) is 0 Å². The monoisotopic (exact) mass is 389 g/mol. The number of hydrogen-bond acceptors (Lipinski definition) is 4. The largest absolute Gasteiger partial charge is 0.444 e. The summed E-state index contributed by atoms with van der Waals surface area (Å²) in [7, 11) is 0. The lowest BCUT2D eigenvalue weighted by molar-refractivity contribution is -0.117. The van der Waals surface area contributed by atoms with Crippen LogP contribution in [0.3, 0.4) is 0 Å². The molecule has 0 unspecified atom stereocenters. The van der Waals surface area contributed by atoms with Gasteiger partial charge in [0.2, 0.25) is 11.8 Å². The Balaban J connectivity index is 1.74. The number of amides is 3. The zero-order valence-corrected chi connectivity index (χ0v) is 17.0. The Hall–Kier alpha value is -2.57. The maximum atomic E-state index is 12.2. The molecule has 1 aromatic carbocycles. The van der Waals surface area contributed by atoms with E-state index in [1.54, 1.807) is 45.0 Å². The Morgan fingerprint density at radius 2 is 1.64 bits per heavy atom. The molecule has 0 heterocycles. The third-order valence-electron chi connectivity index (χ3n) is 4.40. The van der Waals surface area contributed by atoms with Gasteiger partial charge in [-0.05, 0) is 57.7 Å². The van der Waals surface area contributed by atoms with Crippen LogP contribution < -0.4 is 16.0 Å². The van der Waals surface area contributed by atoms with Crippen molar-refractivity contribution in [3.8, 4) is 0 Å². The normalized spacial score (nSPS) is 14.4. The molecule has 1 saturated carbocycles. The van der Waals surface area contributed by atoms with Gasteiger partial charge in [0.1, 0.15) is 5.60 Å². The van der Waals surface area contributed by atoms with Crippen LogP contribution in [0.15, 0.2) is 24.3 Å². The Morgan fingerprint density at radius 1 is 1.04 bits per heavy atom. The molecule has 3 N–H and O–H groups in total. The molecule has 7 heteroatoms. The molecule has 0 saturated heterocycles. The molecule has 0 bridgehead atoms. The van der Waals surface area contributed by atoms with Crippen LogP contribution in [0.1, 0.15) is 59.3 Å². The summed E-state index contributed by atoms with van der Waals surface area (Å²) in [4.78, 5) is 35.8. The zero-order chi connectivity index (χ0) is 20.6. The van der Waals surface area contributed by atoms with Crippen molar-refractivity contribution in [1.82, 2.24) is 5.32 Å². The first kappa shape index (κ1) is 21.7. The van der Waals surface area contributed by atoms with Gasteiger partial charge < -0.3 is 20.7 Å². The molecule has 0 aliphatic heterocycles. The molecule has 0 radical (unpaired) electrons. The lowest BCUT2D eigenvalue weighted by Crippen LogP contribution is -2.34. The van der Waals surface area contributed by atoms with Crippen molar-refractivity contribution in [3.05, 3.63) is 24.3 Å². The van der Waals surface area contributed by atoms with E-state index in [9.17, 15) is 14.4 Å². The predicted molar refractivity (Wildman–Crippen MR) is 109 cm³/mol. The number of carbonyl (C=O) groups is 3. The van der Waals surface area contributed by atoms with Gasteiger partial charge in [-0.3, -0.25) is 9.59 Å².